The second-order valence-electron chi connectivity index (χ2n) is 8.52. The zero-order valence-electron chi connectivity index (χ0n) is 20.1. The molecule has 2 aliphatic heterocycles. The zero-order chi connectivity index (χ0) is 26.7. The van der Waals surface area contributed by atoms with Gasteiger partial charge in [0, 0.05) is 25.2 Å². The molecule has 0 saturated carbocycles. The summed E-state index contributed by atoms with van der Waals surface area (Å²) in [5, 5.41) is 4.94. The van der Waals surface area contributed by atoms with E-state index in [-0.39, 0.29) is 24.5 Å². The van der Waals surface area contributed by atoms with Crippen LogP contribution in [0, 0.1) is 0 Å². The number of amides is 1. The summed E-state index contributed by atoms with van der Waals surface area (Å²) in [5.74, 6) is 0.572. The second kappa shape index (κ2) is 16.5. The van der Waals surface area contributed by atoms with Crippen molar-refractivity contribution < 1.29 is 36.7 Å². The van der Waals surface area contributed by atoms with Crippen LogP contribution in [-0.2, 0) is 61.9 Å². The van der Waals surface area contributed by atoms with E-state index in [1.54, 1.807) is 6.07 Å². The van der Waals surface area contributed by atoms with Crippen molar-refractivity contribution in [3.8, 4) is 0 Å². The van der Waals surface area contributed by atoms with Crippen LogP contribution < -0.4 is 0 Å². The Hall–Kier alpha value is -0.451. The van der Waals surface area contributed by atoms with Crippen molar-refractivity contribution in [2.75, 3.05) is 51.3 Å². The molecule has 1 aromatic rings. The van der Waals surface area contributed by atoms with Gasteiger partial charge in [0.2, 0.25) is 0 Å². The van der Waals surface area contributed by atoms with Gasteiger partial charge < -0.3 is 40.1 Å². The molecule has 0 aliphatic carbocycles. The third kappa shape index (κ3) is 8.53. The molecule has 2 atom stereocenters. The molecule has 198 valence electrons. The number of esters is 1. The molecule has 0 N–H and O–H groups in total. The number of carbonyl (C=O) groups is 2. The second-order valence-corrected chi connectivity index (χ2v) is 10.1. The van der Waals surface area contributed by atoms with Crippen LogP contribution in [0.15, 0.2) is 23.8 Å². The number of fused-ring (bicyclic) bond motifs is 2. The first-order valence-electron chi connectivity index (χ1n) is 11.7. The number of nitrogens with zero attached hydrogens (tertiary/aromatic N) is 3. The number of halogens is 2. The van der Waals surface area contributed by atoms with Gasteiger partial charge in [-0.2, -0.15) is 18.1 Å². The fourth-order valence-corrected chi connectivity index (χ4v) is 5.61. The van der Waals surface area contributed by atoms with Gasteiger partial charge in [-0.3, -0.25) is 9.80 Å². The minimum atomic E-state index is -0.293. The van der Waals surface area contributed by atoms with Gasteiger partial charge in [-0.1, -0.05) is 29.3 Å². The van der Waals surface area contributed by atoms with Gasteiger partial charge >= 0.3 is 28.3 Å². The van der Waals surface area contributed by atoms with Crippen LogP contribution in [0.3, 0.4) is 0 Å². The van der Waals surface area contributed by atoms with E-state index in [2.05, 4.69) is 15.1 Å². The van der Waals surface area contributed by atoms with Crippen LogP contribution in [0.5, 0.6) is 0 Å². The summed E-state index contributed by atoms with van der Waals surface area (Å²) in [6.07, 6.45) is 3.55. The third-order valence-electron chi connectivity index (χ3n) is 6.45. The molecule has 7 nitrogen and oxygen atoms in total. The molecule has 1 aromatic carbocycles. The van der Waals surface area contributed by atoms with Gasteiger partial charge in [-0.05, 0) is 62.0 Å². The Labute approximate surface area is 244 Å². The number of rotatable bonds is 12. The SMILES string of the molecule is COC(=O)C1=C(c2ccc(Cl)c(Cl)c2)C[C@@H]2CC[C@H]1N2CCCN(CC[S-])CC(=O)[N-]CC[S-].[O]=[99Tc+3]. The Morgan fingerprint density at radius 2 is 1.92 bits per heavy atom. The third-order valence-corrected chi connectivity index (χ3v) is 7.55. The molecule has 0 spiro atoms. The van der Waals surface area contributed by atoms with Gasteiger partial charge in [-0.15, -0.1) is 0 Å². The number of hydrogen-bond acceptors (Lipinski definition) is 8. The van der Waals surface area contributed by atoms with Gasteiger partial charge in [0.1, 0.15) is 0 Å². The van der Waals surface area contributed by atoms with E-state index in [1.165, 1.54) is 7.11 Å². The Balaban J connectivity index is 0.00000222. The van der Waals surface area contributed by atoms with E-state index in [4.69, 9.17) is 56.7 Å². The maximum absolute atomic E-state index is 12.9. The molecule has 2 bridgehead atoms. The van der Waals surface area contributed by atoms with Crippen molar-refractivity contribution in [1.29, 1.82) is 0 Å². The Morgan fingerprint density at radius 1 is 1.17 bits per heavy atom. The number of methoxy groups -OCH3 is 1. The zero-order valence-corrected chi connectivity index (χ0v) is 25.1. The van der Waals surface area contributed by atoms with Crippen molar-refractivity contribution >= 4 is 65.9 Å². The summed E-state index contributed by atoms with van der Waals surface area (Å²) >= 11 is 23.3. The average molecular weight is 658 g/mol. The summed E-state index contributed by atoms with van der Waals surface area (Å²) in [5.41, 5.74) is 2.63. The Bertz CT molecular complexity index is 941. The monoisotopic (exact) mass is 657 g/mol. The fourth-order valence-electron chi connectivity index (χ4n) is 4.96. The van der Waals surface area contributed by atoms with Crippen LogP contribution in [-0.4, -0.2) is 85.1 Å². The van der Waals surface area contributed by atoms with Crippen molar-refractivity contribution in [2.24, 2.45) is 0 Å². The Morgan fingerprint density at radius 3 is 2.56 bits per heavy atom. The van der Waals surface area contributed by atoms with Crippen LogP contribution in [0.4, 0.5) is 0 Å². The van der Waals surface area contributed by atoms with Crippen LogP contribution >= 0.6 is 23.2 Å². The summed E-state index contributed by atoms with van der Waals surface area (Å²) in [7, 11) is 1.42. The summed E-state index contributed by atoms with van der Waals surface area (Å²) in [4.78, 5) is 29.4. The predicted octanol–water partition coefficient (Wildman–Crippen LogP) is 3.72. The van der Waals surface area contributed by atoms with E-state index >= 15 is 0 Å². The summed E-state index contributed by atoms with van der Waals surface area (Å²) < 4.78 is 13.4. The number of carbonyl (C=O) groups excluding carboxylic acids is 2. The van der Waals surface area contributed by atoms with Crippen molar-refractivity contribution in [3.05, 3.63) is 44.7 Å². The summed E-state index contributed by atoms with van der Waals surface area (Å²) in [6, 6.07) is 5.87. The molecule has 2 heterocycles. The van der Waals surface area contributed by atoms with E-state index in [1.807, 2.05) is 12.1 Å². The minimum absolute atomic E-state index is 0.00624. The van der Waals surface area contributed by atoms with Crippen LogP contribution in [0.25, 0.3) is 10.9 Å². The molecule has 36 heavy (non-hydrogen) atoms. The van der Waals surface area contributed by atoms with Crippen LogP contribution in [0.2, 0.25) is 10.0 Å². The van der Waals surface area contributed by atoms with E-state index < -0.39 is 0 Å². The van der Waals surface area contributed by atoms with Crippen LogP contribution in [0.1, 0.15) is 31.2 Å². The maximum atomic E-state index is 12.9. The number of hydrogen-bond donors (Lipinski definition) is 0. The quantitative estimate of drug-likeness (QED) is 0.249. The van der Waals surface area contributed by atoms with E-state index in [0.717, 1.165) is 74.3 Å². The molecule has 0 unspecified atom stereocenters. The number of benzene rings is 1. The first-order valence-corrected chi connectivity index (χ1v) is 14.3. The summed E-state index contributed by atoms with van der Waals surface area (Å²) in [6.45, 7) is 2.91. The van der Waals surface area contributed by atoms with Crippen molar-refractivity contribution in [1.82, 2.24) is 9.80 Å². The van der Waals surface area contributed by atoms with E-state index in [0.29, 0.717) is 40.7 Å². The molecule has 3 rings (SSSR count). The first kappa shape index (κ1) is 31.8. The predicted molar refractivity (Wildman–Crippen MR) is 143 cm³/mol. The molecule has 2 aliphatic rings. The van der Waals surface area contributed by atoms with E-state index in [9.17, 15) is 9.59 Å². The number of ether oxygens (including phenoxy) is 1. The Kier molecular flexibility index (Phi) is 14.6. The molecule has 12 heteroatoms. The van der Waals surface area contributed by atoms with Gasteiger partial charge in [-0.25, -0.2) is 4.79 Å². The van der Waals surface area contributed by atoms with Crippen molar-refractivity contribution in [3.63, 3.8) is 0 Å². The molecule has 1 amide bonds. The van der Waals surface area contributed by atoms with Gasteiger partial charge in [0.15, 0.2) is 0 Å². The fraction of sp³-hybridized carbons (Fsp3) is 0.583. The molecule has 0 radical (unpaired) electrons. The molecule has 1 fully saturated rings. The van der Waals surface area contributed by atoms with Crippen molar-refractivity contribution in [2.45, 2.75) is 37.8 Å². The van der Waals surface area contributed by atoms with Gasteiger partial charge in [0.25, 0.3) is 0 Å². The average Bonchev–Trinajstić information content (AvgIpc) is 3.15. The standard InChI is InChI=1S/C24H33Cl2N3O3S2.O.Tc/c1-32-24(31)23-18(16-3-5-19(25)20(26)13-16)14-17-4-6-21(23)29(17)9-2-8-28(10-12-34)15-22(30)27-7-11-33;;/h3,5,13,17,21H,2,4,6-12,14-15H2,1H3,(H3,27,30,33,34);;/q;;+3/p-3/t17-,21+;;/m0../s1/i;;1+1. The van der Waals surface area contributed by atoms with Gasteiger partial charge in [0.05, 0.1) is 28.6 Å². The molecular formula is C24H30Cl2N3O4S2Tc. The molecule has 1 saturated heterocycles. The first-order chi connectivity index (χ1) is 17.4. The molecular weight excluding hydrogens is 628 g/mol. The topological polar surface area (TPSA) is 81.0 Å². The normalized spacial score (nSPS) is 19.1. The molecule has 0 aromatic heterocycles.